The van der Waals surface area contributed by atoms with Gasteiger partial charge in [0.05, 0.1) is 4.90 Å². The molecule has 108 valence electrons. The van der Waals surface area contributed by atoms with Crippen LogP contribution >= 0.6 is 0 Å². The standard InChI is InChI=1S/C14H24N2O2S/c1-4-15(5-2)12-13-16(6-3)19(17,18)14-10-8-7-9-11-14/h7-11H,4-6,12-13H2,1-3H3. The molecule has 19 heavy (non-hydrogen) atoms. The fourth-order valence-electron chi connectivity index (χ4n) is 1.98. The number of hydrogen-bond donors (Lipinski definition) is 0. The predicted octanol–water partition coefficient (Wildman–Crippen LogP) is 2.04. The Morgan fingerprint density at radius 3 is 1.95 bits per heavy atom. The minimum absolute atomic E-state index is 0.372. The van der Waals surface area contributed by atoms with E-state index in [1.807, 2.05) is 13.0 Å². The van der Waals surface area contributed by atoms with Gasteiger partial charge in [-0.05, 0) is 25.2 Å². The molecule has 1 rings (SSSR count). The average Bonchev–Trinajstić information content (AvgIpc) is 2.44. The quantitative estimate of drug-likeness (QED) is 0.733. The van der Waals surface area contributed by atoms with Crippen molar-refractivity contribution in [1.82, 2.24) is 9.21 Å². The van der Waals surface area contributed by atoms with E-state index in [1.54, 1.807) is 28.6 Å². The highest BCUT2D eigenvalue weighted by atomic mass is 32.2. The van der Waals surface area contributed by atoms with E-state index in [9.17, 15) is 8.42 Å². The first-order valence-electron chi connectivity index (χ1n) is 6.83. The van der Waals surface area contributed by atoms with Gasteiger partial charge in [0, 0.05) is 19.6 Å². The molecular formula is C14H24N2O2S. The highest BCUT2D eigenvalue weighted by Gasteiger charge is 2.22. The Morgan fingerprint density at radius 2 is 1.47 bits per heavy atom. The van der Waals surface area contributed by atoms with Crippen LogP contribution < -0.4 is 0 Å². The lowest BCUT2D eigenvalue weighted by Gasteiger charge is -2.24. The van der Waals surface area contributed by atoms with E-state index < -0.39 is 10.0 Å². The van der Waals surface area contributed by atoms with Crippen molar-refractivity contribution in [3.8, 4) is 0 Å². The van der Waals surface area contributed by atoms with Crippen molar-refractivity contribution < 1.29 is 8.42 Å². The monoisotopic (exact) mass is 284 g/mol. The van der Waals surface area contributed by atoms with Crippen LogP contribution in [0.5, 0.6) is 0 Å². The summed E-state index contributed by atoms with van der Waals surface area (Å²) < 4.78 is 26.5. The molecule has 0 spiro atoms. The van der Waals surface area contributed by atoms with Crippen molar-refractivity contribution >= 4 is 10.0 Å². The molecule has 0 aliphatic carbocycles. The summed E-state index contributed by atoms with van der Waals surface area (Å²) in [6, 6.07) is 8.63. The van der Waals surface area contributed by atoms with Crippen molar-refractivity contribution in [2.75, 3.05) is 32.7 Å². The second-order valence-electron chi connectivity index (χ2n) is 4.34. The summed E-state index contributed by atoms with van der Waals surface area (Å²) in [5.74, 6) is 0. The van der Waals surface area contributed by atoms with E-state index >= 15 is 0 Å². The van der Waals surface area contributed by atoms with Gasteiger partial charge in [-0.1, -0.05) is 39.0 Å². The maximum Gasteiger partial charge on any atom is 0.243 e. The topological polar surface area (TPSA) is 40.6 Å². The normalized spacial score (nSPS) is 12.3. The first-order chi connectivity index (χ1) is 9.06. The Morgan fingerprint density at radius 1 is 0.895 bits per heavy atom. The molecule has 0 bridgehead atoms. The number of benzene rings is 1. The fourth-order valence-corrected chi connectivity index (χ4v) is 3.44. The average molecular weight is 284 g/mol. The van der Waals surface area contributed by atoms with E-state index in [1.165, 1.54) is 0 Å². The van der Waals surface area contributed by atoms with Gasteiger partial charge in [-0.15, -0.1) is 0 Å². The van der Waals surface area contributed by atoms with Crippen LogP contribution in [-0.2, 0) is 10.0 Å². The number of rotatable bonds is 8. The third-order valence-corrected chi connectivity index (χ3v) is 5.28. The Bertz CT molecular complexity index is 456. The Kier molecular flexibility index (Phi) is 6.48. The maximum absolute atomic E-state index is 12.5. The summed E-state index contributed by atoms with van der Waals surface area (Å²) in [6.45, 7) is 9.75. The highest BCUT2D eigenvalue weighted by Crippen LogP contribution is 2.14. The summed E-state index contributed by atoms with van der Waals surface area (Å²) in [7, 11) is -3.36. The summed E-state index contributed by atoms with van der Waals surface area (Å²) in [5, 5.41) is 0. The molecule has 1 aromatic carbocycles. The molecule has 0 unspecified atom stereocenters. The molecule has 0 aromatic heterocycles. The first kappa shape index (κ1) is 16.1. The van der Waals surface area contributed by atoms with E-state index in [0.29, 0.717) is 18.0 Å². The molecule has 0 aliphatic rings. The molecule has 0 saturated carbocycles. The summed E-state index contributed by atoms with van der Waals surface area (Å²) in [6.07, 6.45) is 0. The molecule has 0 atom stereocenters. The number of sulfonamides is 1. The van der Waals surface area contributed by atoms with E-state index in [4.69, 9.17) is 0 Å². The van der Waals surface area contributed by atoms with Crippen LogP contribution in [0.3, 0.4) is 0 Å². The lowest BCUT2D eigenvalue weighted by atomic mass is 10.4. The molecule has 0 N–H and O–H groups in total. The van der Waals surface area contributed by atoms with Crippen molar-refractivity contribution in [2.24, 2.45) is 0 Å². The minimum atomic E-state index is -3.36. The van der Waals surface area contributed by atoms with Crippen molar-refractivity contribution in [3.05, 3.63) is 30.3 Å². The summed E-state index contributed by atoms with van der Waals surface area (Å²) >= 11 is 0. The van der Waals surface area contributed by atoms with Gasteiger partial charge in [-0.2, -0.15) is 4.31 Å². The van der Waals surface area contributed by atoms with Crippen LogP contribution in [-0.4, -0.2) is 50.3 Å². The van der Waals surface area contributed by atoms with Crippen LogP contribution in [0.2, 0.25) is 0 Å². The Balaban J connectivity index is 2.79. The zero-order valence-electron chi connectivity index (χ0n) is 12.0. The van der Waals surface area contributed by atoms with Crippen LogP contribution in [0.1, 0.15) is 20.8 Å². The molecule has 0 saturated heterocycles. The van der Waals surface area contributed by atoms with E-state index in [2.05, 4.69) is 18.7 Å². The molecular weight excluding hydrogens is 260 g/mol. The van der Waals surface area contributed by atoms with Crippen molar-refractivity contribution in [2.45, 2.75) is 25.7 Å². The third-order valence-electron chi connectivity index (χ3n) is 3.29. The molecule has 0 amide bonds. The van der Waals surface area contributed by atoms with Gasteiger partial charge in [-0.25, -0.2) is 8.42 Å². The Labute approximate surface area is 117 Å². The van der Waals surface area contributed by atoms with Crippen LogP contribution in [0, 0.1) is 0 Å². The highest BCUT2D eigenvalue weighted by molar-refractivity contribution is 7.89. The second-order valence-corrected chi connectivity index (χ2v) is 6.27. The molecule has 0 fully saturated rings. The molecule has 5 heteroatoms. The molecule has 1 aromatic rings. The summed E-state index contributed by atoms with van der Waals surface area (Å²) in [5.41, 5.74) is 0. The van der Waals surface area contributed by atoms with Gasteiger partial charge < -0.3 is 4.90 Å². The zero-order chi connectivity index (χ0) is 14.3. The first-order valence-corrected chi connectivity index (χ1v) is 8.27. The van der Waals surface area contributed by atoms with Crippen molar-refractivity contribution in [3.63, 3.8) is 0 Å². The molecule has 0 radical (unpaired) electrons. The minimum Gasteiger partial charge on any atom is -0.303 e. The van der Waals surface area contributed by atoms with Gasteiger partial charge >= 0.3 is 0 Å². The maximum atomic E-state index is 12.5. The van der Waals surface area contributed by atoms with Gasteiger partial charge in [0.15, 0.2) is 0 Å². The van der Waals surface area contributed by atoms with Crippen LogP contribution in [0.4, 0.5) is 0 Å². The summed E-state index contributed by atoms with van der Waals surface area (Å²) in [4.78, 5) is 2.60. The second kappa shape index (κ2) is 7.62. The molecule has 0 aliphatic heterocycles. The van der Waals surface area contributed by atoms with Gasteiger partial charge in [0.25, 0.3) is 0 Å². The van der Waals surface area contributed by atoms with Gasteiger partial charge in [-0.3, -0.25) is 0 Å². The number of hydrogen-bond acceptors (Lipinski definition) is 3. The molecule has 0 heterocycles. The SMILES string of the molecule is CCN(CC)CCN(CC)S(=O)(=O)c1ccccc1. The lowest BCUT2D eigenvalue weighted by molar-refractivity contribution is 0.274. The van der Waals surface area contributed by atoms with E-state index in [0.717, 1.165) is 19.6 Å². The van der Waals surface area contributed by atoms with Crippen LogP contribution in [0.15, 0.2) is 35.2 Å². The fraction of sp³-hybridized carbons (Fsp3) is 0.571. The molecule has 4 nitrogen and oxygen atoms in total. The van der Waals surface area contributed by atoms with Crippen molar-refractivity contribution in [1.29, 1.82) is 0 Å². The van der Waals surface area contributed by atoms with Gasteiger partial charge in [0.2, 0.25) is 10.0 Å². The smallest absolute Gasteiger partial charge is 0.243 e. The number of likely N-dealkylation sites (N-methyl/N-ethyl adjacent to an activating group) is 2. The van der Waals surface area contributed by atoms with Gasteiger partial charge in [0.1, 0.15) is 0 Å². The lowest BCUT2D eigenvalue weighted by Crippen LogP contribution is -2.38. The zero-order valence-corrected chi connectivity index (χ0v) is 12.9. The number of nitrogens with zero attached hydrogens (tertiary/aromatic N) is 2. The Hall–Kier alpha value is -0.910. The largest absolute Gasteiger partial charge is 0.303 e. The van der Waals surface area contributed by atoms with Crippen LogP contribution in [0.25, 0.3) is 0 Å². The third kappa shape index (κ3) is 4.30. The predicted molar refractivity (Wildman–Crippen MR) is 78.7 cm³/mol. The van der Waals surface area contributed by atoms with E-state index in [-0.39, 0.29) is 0 Å².